The Morgan fingerprint density at radius 3 is 2.56 bits per heavy atom. The van der Waals surface area contributed by atoms with Crippen molar-refractivity contribution in [2.75, 3.05) is 11.9 Å². The summed E-state index contributed by atoms with van der Waals surface area (Å²) in [5, 5.41) is 5.07. The molecular weight excluding hydrogens is 336 g/mol. The van der Waals surface area contributed by atoms with Crippen LogP contribution in [0.1, 0.15) is 27.8 Å². The first-order valence-electron chi connectivity index (χ1n) is 7.77. The van der Waals surface area contributed by atoms with E-state index in [2.05, 4.69) is 10.3 Å². The molecule has 1 aromatic carbocycles. The number of carbonyl (C=O) groups is 2. The standard InChI is InChI=1S/C19H16N2O3S/c1-2-24-19(23)16-14(13-8-4-3-5-9-13)12-25-18(16)21-17(22)15-10-6-7-11-20-15/h3-12H,2H2,1H3,(H,21,22). The highest BCUT2D eigenvalue weighted by Gasteiger charge is 2.23. The first kappa shape index (κ1) is 16.9. The third kappa shape index (κ3) is 3.75. The van der Waals surface area contributed by atoms with E-state index >= 15 is 0 Å². The molecule has 3 aromatic rings. The summed E-state index contributed by atoms with van der Waals surface area (Å²) in [5.74, 6) is -0.827. The molecule has 0 aliphatic carbocycles. The summed E-state index contributed by atoms with van der Waals surface area (Å²) < 4.78 is 5.18. The van der Waals surface area contributed by atoms with Gasteiger partial charge in [0.1, 0.15) is 16.3 Å². The molecule has 0 spiro atoms. The smallest absolute Gasteiger partial charge is 0.341 e. The number of rotatable bonds is 5. The first-order chi connectivity index (χ1) is 12.2. The molecule has 0 aliphatic heterocycles. The SMILES string of the molecule is CCOC(=O)c1c(-c2ccccc2)csc1NC(=O)c1ccccn1. The summed E-state index contributed by atoms with van der Waals surface area (Å²) in [6.07, 6.45) is 1.55. The molecule has 0 unspecified atom stereocenters. The van der Waals surface area contributed by atoms with E-state index in [4.69, 9.17) is 4.74 Å². The van der Waals surface area contributed by atoms with Crippen molar-refractivity contribution in [2.24, 2.45) is 0 Å². The summed E-state index contributed by atoms with van der Waals surface area (Å²) in [6, 6.07) is 14.6. The minimum absolute atomic E-state index is 0.260. The van der Waals surface area contributed by atoms with Gasteiger partial charge in [0, 0.05) is 17.1 Å². The zero-order chi connectivity index (χ0) is 17.6. The highest BCUT2D eigenvalue weighted by atomic mass is 32.1. The van der Waals surface area contributed by atoms with Crippen LogP contribution in [0.2, 0.25) is 0 Å². The highest BCUT2D eigenvalue weighted by molar-refractivity contribution is 7.15. The first-order valence-corrected chi connectivity index (χ1v) is 8.65. The lowest BCUT2D eigenvalue weighted by molar-refractivity contribution is 0.0529. The number of esters is 1. The molecular formula is C19H16N2O3S. The zero-order valence-corrected chi connectivity index (χ0v) is 14.4. The average molecular weight is 352 g/mol. The second-order valence-corrected chi connectivity index (χ2v) is 5.99. The maximum Gasteiger partial charge on any atom is 0.341 e. The molecule has 126 valence electrons. The molecule has 1 N–H and O–H groups in total. The fraction of sp³-hybridized carbons (Fsp3) is 0.105. The summed E-state index contributed by atoms with van der Waals surface area (Å²) in [7, 11) is 0. The normalized spacial score (nSPS) is 10.3. The average Bonchev–Trinajstić information content (AvgIpc) is 3.07. The lowest BCUT2D eigenvalue weighted by Gasteiger charge is -2.08. The third-order valence-electron chi connectivity index (χ3n) is 3.48. The maximum absolute atomic E-state index is 12.5. The van der Waals surface area contributed by atoms with E-state index in [1.165, 1.54) is 11.3 Å². The van der Waals surface area contributed by atoms with Crippen LogP contribution < -0.4 is 5.32 Å². The second kappa shape index (κ2) is 7.72. The van der Waals surface area contributed by atoms with Gasteiger partial charge in [-0.15, -0.1) is 11.3 Å². The van der Waals surface area contributed by atoms with Crippen LogP contribution in [0.4, 0.5) is 5.00 Å². The Kier molecular flexibility index (Phi) is 5.20. The van der Waals surface area contributed by atoms with Crippen LogP contribution in [0.25, 0.3) is 11.1 Å². The molecule has 0 aliphatic rings. The topological polar surface area (TPSA) is 68.3 Å². The van der Waals surface area contributed by atoms with Crippen molar-refractivity contribution in [3.63, 3.8) is 0 Å². The summed E-state index contributed by atoms with van der Waals surface area (Å²) in [5.41, 5.74) is 2.27. The number of aromatic nitrogens is 1. The van der Waals surface area contributed by atoms with E-state index in [-0.39, 0.29) is 18.2 Å². The van der Waals surface area contributed by atoms with Crippen molar-refractivity contribution in [3.8, 4) is 11.1 Å². The van der Waals surface area contributed by atoms with Gasteiger partial charge in [-0.05, 0) is 24.6 Å². The van der Waals surface area contributed by atoms with Crippen LogP contribution in [-0.4, -0.2) is 23.5 Å². The molecule has 0 bridgehead atoms. The van der Waals surface area contributed by atoms with Gasteiger partial charge in [0.05, 0.1) is 6.61 Å². The summed E-state index contributed by atoms with van der Waals surface area (Å²) in [6.45, 7) is 2.01. The van der Waals surface area contributed by atoms with E-state index in [1.54, 1.807) is 31.3 Å². The largest absolute Gasteiger partial charge is 0.462 e. The molecule has 5 nitrogen and oxygen atoms in total. The summed E-state index contributed by atoms with van der Waals surface area (Å²) in [4.78, 5) is 28.9. The number of benzene rings is 1. The fourth-order valence-corrected chi connectivity index (χ4v) is 3.30. The Hall–Kier alpha value is -2.99. The van der Waals surface area contributed by atoms with Crippen molar-refractivity contribution < 1.29 is 14.3 Å². The van der Waals surface area contributed by atoms with Crippen LogP contribution in [-0.2, 0) is 4.74 Å². The molecule has 0 saturated heterocycles. The van der Waals surface area contributed by atoms with Crippen molar-refractivity contribution in [3.05, 3.63) is 71.4 Å². The number of hydrogen-bond acceptors (Lipinski definition) is 5. The minimum atomic E-state index is -0.459. The van der Waals surface area contributed by atoms with Crippen LogP contribution in [0.15, 0.2) is 60.1 Å². The molecule has 2 aromatic heterocycles. The fourth-order valence-electron chi connectivity index (χ4n) is 2.35. The van der Waals surface area contributed by atoms with Gasteiger partial charge >= 0.3 is 5.97 Å². The Balaban J connectivity index is 1.98. The number of hydrogen-bond donors (Lipinski definition) is 1. The van der Waals surface area contributed by atoms with Gasteiger partial charge in [-0.1, -0.05) is 36.4 Å². The van der Waals surface area contributed by atoms with Crippen molar-refractivity contribution >= 4 is 28.2 Å². The van der Waals surface area contributed by atoms with Crippen LogP contribution in [0.5, 0.6) is 0 Å². The predicted octanol–water partition coefficient (Wildman–Crippen LogP) is 4.24. The Bertz CT molecular complexity index is 876. The predicted molar refractivity (Wildman–Crippen MR) is 97.9 cm³/mol. The lowest BCUT2D eigenvalue weighted by Crippen LogP contribution is -2.15. The molecule has 3 rings (SSSR count). The number of carbonyl (C=O) groups excluding carboxylic acids is 2. The number of pyridine rings is 1. The maximum atomic E-state index is 12.5. The molecule has 6 heteroatoms. The highest BCUT2D eigenvalue weighted by Crippen LogP contribution is 2.36. The molecule has 1 amide bonds. The minimum Gasteiger partial charge on any atom is -0.462 e. The molecule has 0 saturated carbocycles. The number of anilines is 1. The summed E-state index contributed by atoms with van der Waals surface area (Å²) >= 11 is 1.29. The number of ether oxygens (including phenoxy) is 1. The van der Waals surface area contributed by atoms with Gasteiger partial charge in [0.15, 0.2) is 0 Å². The van der Waals surface area contributed by atoms with Crippen LogP contribution in [0.3, 0.4) is 0 Å². The Morgan fingerprint density at radius 2 is 1.88 bits per heavy atom. The molecule has 25 heavy (non-hydrogen) atoms. The lowest BCUT2D eigenvalue weighted by atomic mass is 10.0. The van der Waals surface area contributed by atoms with E-state index in [1.807, 2.05) is 35.7 Å². The number of nitrogens with one attached hydrogen (secondary N) is 1. The van der Waals surface area contributed by atoms with Crippen LogP contribution in [0, 0.1) is 0 Å². The number of nitrogens with zero attached hydrogens (tertiary/aromatic N) is 1. The number of thiophene rings is 1. The molecule has 0 fully saturated rings. The van der Waals surface area contributed by atoms with Gasteiger partial charge in [-0.2, -0.15) is 0 Å². The molecule has 0 atom stereocenters. The van der Waals surface area contributed by atoms with Gasteiger partial charge < -0.3 is 10.1 Å². The van der Waals surface area contributed by atoms with E-state index in [0.717, 1.165) is 11.1 Å². The number of amides is 1. The Morgan fingerprint density at radius 1 is 1.12 bits per heavy atom. The van der Waals surface area contributed by atoms with Gasteiger partial charge in [-0.3, -0.25) is 9.78 Å². The van der Waals surface area contributed by atoms with Gasteiger partial charge in [-0.25, -0.2) is 4.79 Å². The van der Waals surface area contributed by atoms with Crippen molar-refractivity contribution in [1.82, 2.24) is 4.98 Å². The second-order valence-electron chi connectivity index (χ2n) is 5.11. The van der Waals surface area contributed by atoms with E-state index < -0.39 is 5.97 Å². The zero-order valence-electron chi connectivity index (χ0n) is 13.6. The quantitative estimate of drug-likeness (QED) is 0.698. The third-order valence-corrected chi connectivity index (χ3v) is 4.38. The molecule has 2 heterocycles. The molecule has 0 radical (unpaired) electrons. The van der Waals surface area contributed by atoms with Gasteiger partial charge in [0.2, 0.25) is 0 Å². The van der Waals surface area contributed by atoms with Crippen molar-refractivity contribution in [2.45, 2.75) is 6.92 Å². The van der Waals surface area contributed by atoms with Crippen molar-refractivity contribution in [1.29, 1.82) is 0 Å². The van der Waals surface area contributed by atoms with Crippen LogP contribution >= 0.6 is 11.3 Å². The monoisotopic (exact) mass is 352 g/mol. The van der Waals surface area contributed by atoms with E-state index in [0.29, 0.717) is 10.6 Å². The van der Waals surface area contributed by atoms with Gasteiger partial charge in [0.25, 0.3) is 5.91 Å². The van der Waals surface area contributed by atoms with E-state index in [9.17, 15) is 9.59 Å². The Labute approximate surface area is 149 Å².